The van der Waals surface area contributed by atoms with Crippen molar-refractivity contribution in [3.63, 3.8) is 0 Å². The molecule has 0 spiro atoms. The molecule has 1 aromatic rings. The van der Waals surface area contributed by atoms with E-state index in [2.05, 4.69) is 66.6 Å². The molecule has 2 rings (SSSR count). The molecule has 3 heteroatoms. The Balaban J connectivity index is 2.22. The molecule has 1 N–H and O–H groups in total. The minimum absolute atomic E-state index is 0.453. The highest BCUT2D eigenvalue weighted by molar-refractivity contribution is 5.21. The number of hydrogen-bond acceptors (Lipinski definition) is 3. The number of piperazine rings is 1. The van der Waals surface area contributed by atoms with Gasteiger partial charge in [-0.3, -0.25) is 4.90 Å². The second kappa shape index (κ2) is 5.63. The van der Waals surface area contributed by atoms with Gasteiger partial charge in [0.2, 0.25) is 0 Å². The fourth-order valence-corrected chi connectivity index (χ4v) is 2.69. The minimum atomic E-state index is 0.453. The van der Waals surface area contributed by atoms with E-state index in [1.54, 1.807) is 0 Å². The lowest BCUT2D eigenvalue weighted by molar-refractivity contribution is 0.107. The van der Waals surface area contributed by atoms with E-state index in [1.807, 2.05) is 0 Å². The molecule has 1 aliphatic heterocycles. The first-order valence-electron chi connectivity index (χ1n) is 6.32. The van der Waals surface area contributed by atoms with Gasteiger partial charge < -0.3 is 10.2 Å². The summed E-state index contributed by atoms with van der Waals surface area (Å²) in [7, 11) is 6.56. The van der Waals surface area contributed by atoms with Crippen LogP contribution in [0, 0.1) is 0 Å². The molecule has 1 aliphatic rings. The summed E-state index contributed by atoms with van der Waals surface area (Å²) in [4.78, 5) is 4.79. The number of nitrogens with one attached hydrogen (secondary N) is 1. The van der Waals surface area contributed by atoms with E-state index in [-0.39, 0.29) is 0 Å². The number of nitrogens with zero attached hydrogens (tertiary/aromatic N) is 2. The molecule has 1 saturated heterocycles. The maximum absolute atomic E-state index is 3.50. The summed E-state index contributed by atoms with van der Waals surface area (Å²) in [5, 5.41) is 3.50. The van der Waals surface area contributed by atoms with Crippen LogP contribution in [0.15, 0.2) is 30.3 Å². The van der Waals surface area contributed by atoms with Crippen LogP contribution in [0.1, 0.15) is 11.6 Å². The summed E-state index contributed by atoms with van der Waals surface area (Å²) < 4.78 is 0. The third kappa shape index (κ3) is 2.86. The first-order chi connectivity index (χ1) is 8.20. The van der Waals surface area contributed by atoms with Crippen molar-refractivity contribution >= 4 is 0 Å². The summed E-state index contributed by atoms with van der Waals surface area (Å²) in [6.45, 7) is 3.29. The van der Waals surface area contributed by atoms with Crippen molar-refractivity contribution in [3.05, 3.63) is 35.9 Å². The number of hydrogen-bond donors (Lipinski definition) is 1. The normalized spacial score (nSPS) is 23.9. The van der Waals surface area contributed by atoms with Crippen molar-refractivity contribution < 1.29 is 0 Å². The molecule has 0 aromatic heterocycles. The van der Waals surface area contributed by atoms with Crippen molar-refractivity contribution in [2.45, 2.75) is 12.1 Å². The van der Waals surface area contributed by atoms with E-state index in [0.717, 1.165) is 19.6 Å². The standard InChI is InChI=1S/C14H23N3/c1-16(2)14(12-7-5-4-6-8-12)13-11-15-9-10-17(13)3/h4-8,13-15H,9-11H2,1-3H3. The van der Waals surface area contributed by atoms with Gasteiger partial charge in [0.05, 0.1) is 6.04 Å². The number of rotatable bonds is 3. The molecule has 0 bridgehead atoms. The monoisotopic (exact) mass is 233 g/mol. The van der Waals surface area contributed by atoms with Crippen molar-refractivity contribution in [2.75, 3.05) is 40.8 Å². The topological polar surface area (TPSA) is 18.5 Å². The highest BCUT2D eigenvalue weighted by Gasteiger charge is 2.29. The van der Waals surface area contributed by atoms with Crippen LogP contribution in [0.25, 0.3) is 0 Å². The van der Waals surface area contributed by atoms with Crippen LogP contribution in [-0.4, -0.2) is 56.6 Å². The fraction of sp³-hybridized carbons (Fsp3) is 0.571. The Morgan fingerprint density at radius 1 is 1.29 bits per heavy atom. The zero-order valence-corrected chi connectivity index (χ0v) is 11.1. The third-order valence-electron chi connectivity index (χ3n) is 3.62. The van der Waals surface area contributed by atoms with Gasteiger partial charge in [-0.25, -0.2) is 0 Å². The van der Waals surface area contributed by atoms with Crippen LogP contribution in [0.3, 0.4) is 0 Å². The Hall–Kier alpha value is -0.900. The average molecular weight is 233 g/mol. The summed E-state index contributed by atoms with van der Waals surface area (Å²) >= 11 is 0. The van der Waals surface area contributed by atoms with Crippen LogP contribution < -0.4 is 5.32 Å². The Labute approximate surface area is 104 Å². The molecule has 94 valence electrons. The predicted octanol–water partition coefficient (Wildman–Crippen LogP) is 1.19. The molecule has 0 saturated carbocycles. The van der Waals surface area contributed by atoms with E-state index in [9.17, 15) is 0 Å². The van der Waals surface area contributed by atoms with Gasteiger partial charge in [-0.1, -0.05) is 30.3 Å². The van der Waals surface area contributed by atoms with Gasteiger partial charge in [-0.2, -0.15) is 0 Å². The van der Waals surface area contributed by atoms with Crippen molar-refractivity contribution in [3.8, 4) is 0 Å². The SMILES string of the molecule is CN(C)C(c1ccccc1)C1CNCCN1C. The van der Waals surface area contributed by atoms with Crippen molar-refractivity contribution in [2.24, 2.45) is 0 Å². The molecule has 1 aromatic carbocycles. The van der Waals surface area contributed by atoms with Gasteiger partial charge in [-0.15, -0.1) is 0 Å². The summed E-state index contributed by atoms with van der Waals surface area (Å²) in [5.41, 5.74) is 1.40. The van der Waals surface area contributed by atoms with Gasteiger partial charge in [0, 0.05) is 25.7 Å². The first-order valence-corrected chi connectivity index (χ1v) is 6.32. The molecule has 17 heavy (non-hydrogen) atoms. The summed E-state index contributed by atoms with van der Waals surface area (Å²) in [5.74, 6) is 0. The maximum atomic E-state index is 3.50. The molecule has 1 heterocycles. The third-order valence-corrected chi connectivity index (χ3v) is 3.62. The van der Waals surface area contributed by atoms with Crippen molar-refractivity contribution in [1.29, 1.82) is 0 Å². The quantitative estimate of drug-likeness (QED) is 0.846. The molecule has 0 amide bonds. The largest absolute Gasteiger partial charge is 0.314 e. The van der Waals surface area contributed by atoms with Gasteiger partial charge in [0.25, 0.3) is 0 Å². The van der Waals surface area contributed by atoms with Crippen LogP contribution in [-0.2, 0) is 0 Å². The van der Waals surface area contributed by atoms with E-state index in [0.29, 0.717) is 12.1 Å². The van der Waals surface area contributed by atoms with Gasteiger partial charge in [0.15, 0.2) is 0 Å². The Kier molecular flexibility index (Phi) is 4.15. The highest BCUT2D eigenvalue weighted by atomic mass is 15.3. The predicted molar refractivity (Wildman–Crippen MR) is 72.2 cm³/mol. The second-order valence-electron chi connectivity index (χ2n) is 5.07. The van der Waals surface area contributed by atoms with Gasteiger partial charge >= 0.3 is 0 Å². The fourth-order valence-electron chi connectivity index (χ4n) is 2.69. The zero-order chi connectivity index (χ0) is 12.3. The lowest BCUT2D eigenvalue weighted by Gasteiger charge is -2.41. The lowest BCUT2D eigenvalue weighted by atomic mass is 9.96. The molecule has 0 aliphatic carbocycles. The van der Waals surface area contributed by atoms with E-state index < -0.39 is 0 Å². The Bertz CT molecular complexity index is 337. The first kappa shape index (κ1) is 12.6. The molecule has 2 atom stereocenters. The Morgan fingerprint density at radius 2 is 2.00 bits per heavy atom. The second-order valence-corrected chi connectivity index (χ2v) is 5.07. The van der Waals surface area contributed by atoms with E-state index >= 15 is 0 Å². The van der Waals surface area contributed by atoms with Gasteiger partial charge in [0.1, 0.15) is 0 Å². The van der Waals surface area contributed by atoms with Crippen molar-refractivity contribution in [1.82, 2.24) is 15.1 Å². The average Bonchev–Trinajstić information content (AvgIpc) is 2.33. The molecule has 1 fully saturated rings. The van der Waals surface area contributed by atoms with Crippen LogP contribution in [0.4, 0.5) is 0 Å². The Morgan fingerprint density at radius 3 is 2.59 bits per heavy atom. The molecule has 3 nitrogen and oxygen atoms in total. The van der Waals surface area contributed by atoms with E-state index in [1.165, 1.54) is 5.56 Å². The minimum Gasteiger partial charge on any atom is -0.314 e. The van der Waals surface area contributed by atoms with E-state index in [4.69, 9.17) is 0 Å². The van der Waals surface area contributed by atoms with Crippen LogP contribution >= 0.6 is 0 Å². The highest BCUT2D eigenvalue weighted by Crippen LogP contribution is 2.25. The number of benzene rings is 1. The zero-order valence-electron chi connectivity index (χ0n) is 11.1. The summed E-state index contributed by atoms with van der Waals surface area (Å²) in [6, 6.07) is 11.8. The molecular formula is C14H23N3. The number of likely N-dealkylation sites (N-methyl/N-ethyl adjacent to an activating group) is 2. The lowest BCUT2D eigenvalue weighted by Crippen LogP contribution is -2.54. The maximum Gasteiger partial charge on any atom is 0.0510 e. The summed E-state index contributed by atoms with van der Waals surface area (Å²) in [6.07, 6.45) is 0. The molecular weight excluding hydrogens is 210 g/mol. The van der Waals surface area contributed by atoms with Gasteiger partial charge in [-0.05, 0) is 26.7 Å². The van der Waals surface area contributed by atoms with Crippen LogP contribution in [0.2, 0.25) is 0 Å². The molecule has 0 radical (unpaired) electrons. The molecule has 2 unspecified atom stereocenters. The van der Waals surface area contributed by atoms with Crippen LogP contribution in [0.5, 0.6) is 0 Å². The smallest absolute Gasteiger partial charge is 0.0510 e.